The van der Waals surface area contributed by atoms with Crippen molar-refractivity contribution >= 4 is 21.4 Å². The van der Waals surface area contributed by atoms with Gasteiger partial charge < -0.3 is 5.73 Å². The molecule has 0 fully saturated rings. The molecule has 0 aliphatic heterocycles. The molecule has 0 spiro atoms. The van der Waals surface area contributed by atoms with Crippen molar-refractivity contribution < 1.29 is 8.42 Å². The first kappa shape index (κ1) is 12.5. The minimum atomic E-state index is -3.01. The summed E-state index contributed by atoms with van der Waals surface area (Å²) in [7, 11) is -3.01. The molecule has 0 saturated carbocycles. The van der Waals surface area contributed by atoms with Crippen LogP contribution in [0.3, 0.4) is 0 Å². The van der Waals surface area contributed by atoms with Crippen molar-refractivity contribution in [1.29, 1.82) is 0 Å². The average Bonchev–Trinajstić information content (AvgIpc) is 1.99. The molecule has 1 aromatic carbocycles. The lowest BCUT2D eigenvalue weighted by Gasteiger charge is -2.10. The number of hydrogen-bond donors (Lipinski definition) is 1. The van der Waals surface area contributed by atoms with Crippen LogP contribution in [0.25, 0.3) is 0 Å². The molecule has 84 valence electrons. The number of benzene rings is 1. The number of nitrogens with two attached hydrogens (primary N) is 1. The molecule has 0 aliphatic carbocycles. The van der Waals surface area contributed by atoms with Crippen LogP contribution in [0, 0.1) is 0 Å². The zero-order valence-electron chi connectivity index (χ0n) is 8.48. The third kappa shape index (κ3) is 5.16. The Kier molecular flexibility index (Phi) is 4.13. The molecule has 1 rings (SSSR count). The summed E-state index contributed by atoms with van der Waals surface area (Å²) in [4.78, 5) is 0. The van der Waals surface area contributed by atoms with Gasteiger partial charge >= 0.3 is 0 Å². The Labute approximate surface area is 95.2 Å². The summed E-state index contributed by atoms with van der Waals surface area (Å²) in [5.74, 6) is -0.000483. The summed E-state index contributed by atoms with van der Waals surface area (Å²) < 4.78 is 22.0. The second-order valence-corrected chi connectivity index (χ2v) is 6.31. The summed E-state index contributed by atoms with van der Waals surface area (Å²) >= 11 is 5.80. The van der Waals surface area contributed by atoms with Crippen LogP contribution in [0.2, 0.25) is 5.02 Å². The van der Waals surface area contributed by atoms with Gasteiger partial charge in [-0.2, -0.15) is 0 Å². The highest BCUT2D eigenvalue weighted by atomic mass is 35.5. The number of sulfone groups is 1. The molecule has 1 atom stereocenters. The van der Waals surface area contributed by atoms with E-state index < -0.39 is 9.84 Å². The Hall–Kier alpha value is -0.580. The zero-order valence-corrected chi connectivity index (χ0v) is 10.1. The predicted octanol–water partition coefficient (Wildman–Crippen LogP) is 1.25. The fourth-order valence-electron chi connectivity index (χ4n) is 1.41. The van der Waals surface area contributed by atoms with Crippen LogP contribution in [0.5, 0.6) is 0 Å². The maximum atomic E-state index is 11.0. The van der Waals surface area contributed by atoms with Gasteiger partial charge in [0, 0.05) is 17.3 Å². The molecule has 3 nitrogen and oxygen atoms in total. The van der Waals surface area contributed by atoms with E-state index >= 15 is 0 Å². The van der Waals surface area contributed by atoms with E-state index in [0.29, 0.717) is 11.4 Å². The van der Waals surface area contributed by atoms with Gasteiger partial charge in [-0.3, -0.25) is 0 Å². The summed E-state index contributed by atoms with van der Waals surface area (Å²) in [6.07, 6.45) is 1.71. The lowest BCUT2D eigenvalue weighted by atomic mass is 10.1. The van der Waals surface area contributed by atoms with E-state index in [-0.39, 0.29) is 11.8 Å². The van der Waals surface area contributed by atoms with Crippen molar-refractivity contribution in [2.45, 2.75) is 12.5 Å². The van der Waals surface area contributed by atoms with Gasteiger partial charge in [-0.05, 0) is 24.1 Å². The van der Waals surface area contributed by atoms with Gasteiger partial charge in [0.25, 0.3) is 0 Å². The van der Waals surface area contributed by atoms with Crippen LogP contribution in [-0.2, 0) is 16.3 Å². The highest BCUT2D eigenvalue weighted by molar-refractivity contribution is 7.90. The molecule has 0 aromatic heterocycles. The van der Waals surface area contributed by atoms with E-state index in [9.17, 15) is 8.42 Å². The van der Waals surface area contributed by atoms with Gasteiger partial charge in [-0.15, -0.1) is 0 Å². The van der Waals surface area contributed by atoms with E-state index in [2.05, 4.69) is 0 Å². The van der Waals surface area contributed by atoms with Crippen LogP contribution < -0.4 is 5.73 Å². The Morgan fingerprint density at radius 1 is 1.47 bits per heavy atom. The fourth-order valence-corrected chi connectivity index (χ4v) is 2.52. The molecule has 5 heteroatoms. The molecule has 0 aliphatic rings. The lowest BCUT2D eigenvalue weighted by Crippen LogP contribution is -2.31. The molecule has 1 unspecified atom stereocenters. The molecular formula is C10H14ClNO2S. The van der Waals surface area contributed by atoms with Crippen molar-refractivity contribution in [1.82, 2.24) is 0 Å². The second kappa shape index (κ2) is 4.96. The van der Waals surface area contributed by atoms with Crippen LogP contribution >= 0.6 is 11.6 Å². The first-order valence-corrected chi connectivity index (χ1v) is 6.98. The van der Waals surface area contributed by atoms with Gasteiger partial charge in [0.1, 0.15) is 9.84 Å². The van der Waals surface area contributed by atoms with E-state index in [1.165, 1.54) is 6.26 Å². The molecule has 0 radical (unpaired) electrons. The smallest absolute Gasteiger partial charge is 0.148 e. The first-order chi connectivity index (χ1) is 6.87. The molecule has 0 saturated heterocycles. The van der Waals surface area contributed by atoms with Crippen molar-refractivity contribution in [2.75, 3.05) is 12.0 Å². The van der Waals surface area contributed by atoms with Gasteiger partial charge in [0.05, 0.1) is 5.75 Å². The van der Waals surface area contributed by atoms with E-state index in [4.69, 9.17) is 17.3 Å². The number of rotatable bonds is 4. The maximum absolute atomic E-state index is 11.0. The van der Waals surface area contributed by atoms with Crippen LogP contribution in [0.1, 0.15) is 5.56 Å². The quantitative estimate of drug-likeness (QED) is 0.871. The molecule has 0 amide bonds. The summed E-state index contributed by atoms with van der Waals surface area (Å²) in [5.41, 5.74) is 6.68. The standard InChI is InChI=1S/C10H14ClNO2S/c1-15(13,14)7-10(12)6-8-3-2-4-9(11)5-8/h2-5,10H,6-7,12H2,1H3. The van der Waals surface area contributed by atoms with E-state index in [1.54, 1.807) is 12.1 Å². The minimum absolute atomic E-state index is 0.000483. The Morgan fingerprint density at radius 3 is 2.67 bits per heavy atom. The van der Waals surface area contributed by atoms with Crippen LogP contribution in [0.15, 0.2) is 24.3 Å². The molecular weight excluding hydrogens is 234 g/mol. The van der Waals surface area contributed by atoms with Gasteiger partial charge in [-0.25, -0.2) is 8.42 Å². The minimum Gasteiger partial charge on any atom is -0.326 e. The van der Waals surface area contributed by atoms with Crippen molar-refractivity contribution in [3.63, 3.8) is 0 Å². The monoisotopic (exact) mass is 247 g/mol. The first-order valence-electron chi connectivity index (χ1n) is 4.54. The maximum Gasteiger partial charge on any atom is 0.148 e. The predicted molar refractivity (Wildman–Crippen MR) is 62.8 cm³/mol. The average molecular weight is 248 g/mol. The Morgan fingerprint density at radius 2 is 2.13 bits per heavy atom. The van der Waals surface area contributed by atoms with Crippen molar-refractivity contribution in [2.24, 2.45) is 5.73 Å². The third-order valence-corrected chi connectivity index (χ3v) is 3.17. The zero-order chi connectivity index (χ0) is 11.5. The number of halogens is 1. The number of hydrogen-bond acceptors (Lipinski definition) is 3. The normalized spacial score (nSPS) is 13.8. The summed E-state index contributed by atoms with van der Waals surface area (Å²) in [6, 6.07) is 6.90. The van der Waals surface area contributed by atoms with E-state index in [0.717, 1.165) is 5.56 Å². The largest absolute Gasteiger partial charge is 0.326 e. The summed E-state index contributed by atoms with van der Waals surface area (Å²) in [5, 5.41) is 0.638. The highest BCUT2D eigenvalue weighted by Crippen LogP contribution is 2.12. The molecule has 15 heavy (non-hydrogen) atoms. The molecule has 1 aromatic rings. The Bertz CT molecular complexity index is 431. The molecule has 0 heterocycles. The topological polar surface area (TPSA) is 60.2 Å². The molecule has 0 bridgehead atoms. The summed E-state index contributed by atoms with van der Waals surface area (Å²) in [6.45, 7) is 0. The van der Waals surface area contributed by atoms with Crippen molar-refractivity contribution in [3.8, 4) is 0 Å². The van der Waals surface area contributed by atoms with E-state index in [1.807, 2.05) is 12.1 Å². The second-order valence-electron chi connectivity index (χ2n) is 3.69. The van der Waals surface area contributed by atoms with Gasteiger partial charge in [0.2, 0.25) is 0 Å². The van der Waals surface area contributed by atoms with Crippen LogP contribution in [0.4, 0.5) is 0 Å². The Balaban J connectivity index is 2.63. The molecule has 2 N–H and O–H groups in total. The fraction of sp³-hybridized carbons (Fsp3) is 0.400. The third-order valence-electron chi connectivity index (χ3n) is 1.90. The SMILES string of the molecule is CS(=O)(=O)CC(N)Cc1cccc(Cl)c1. The van der Waals surface area contributed by atoms with Gasteiger partial charge in [0.15, 0.2) is 0 Å². The lowest BCUT2D eigenvalue weighted by molar-refractivity contribution is 0.591. The highest BCUT2D eigenvalue weighted by Gasteiger charge is 2.11. The van der Waals surface area contributed by atoms with Crippen LogP contribution in [-0.4, -0.2) is 26.5 Å². The van der Waals surface area contributed by atoms with Crippen molar-refractivity contribution in [3.05, 3.63) is 34.9 Å². The van der Waals surface area contributed by atoms with Gasteiger partial charge in [-0.1, -0.05) is 23.7 Å².